The van der Waals surface area contributed by atoms with Gasteiger partial charge < -0.3 is 5.73 Å². The Labute approximate surface area is 114 Å². The van der Waals surface area contributed by atoms with Gasteiger partial charge in [-0.1, -0.05) is 13.0 Å². The Morgan fingerprint density at radius 1 is 1.16 bits per heavy atom. The van der Waals surface area contributed by atoms with Crippen LogP contribution in [0.3, 0.4) is 0 Å². The maximum atomic E-state index is 11.9. The lowest BCUT2D eigenvalue weighted by molar-refractivity contribution is 0.579. The van der Waals surface area contributed by atoms with Crippen LogP contribution in [-0.2, 0) is 19.9 Å². The number of nitrogens with one attached hydrogen (secondary N) is 1. The van der Waals surface area contributed by atoms with Crippen molar-refractivity contribution in [3.63, 3.8) is 0 Å². The van der Waals surface area contributed by atoms with E-state index in [1.165, 1.54) is 31.2 Å². The van der Waals surface area contributed by atoms with Crippen LogP contribution < -0.4 is 10.5 Å². The molecule has 0 unspecified atom stereocenters. The first-order chi connectivity index (χ1) is 8.83. The van der Waals surface area contributed by atoms with E-state index >= 15 is 0 Å². The molecule has 1 rings (SSSR count). The Kier molecular flexibility index (Phi) is 5.48. The van der Waals surface area contributed by atoms with Crippen LogP contribution in [0.15, 0.2) is 34.1 Å². The average molecular weight is 306 g/mol. The molecular formula is C11H18N2O4S2. The van der Waals surface area contributed by atoms with Crippen molar-refractivity contribution in [3.8, 4) is 0 Å². The maximum absolute atomic E-state index is 11.9. The lowest BCUT2D eigenvalue weighted by Crippen LogP contribution is -2.26. The summed E-state index contributed by atoms with van der Waals surface area (Å²) in [6, 6.07) is 5.33. The molecule has 0 saturated carbocycles. The van der Waals surface area contributed by atoms with E-state index in [9.17, 15) is 16.8 Å². The first kappa shape index (κ1) is 16.1. The quantitative estimate of drug-likeness (QED) is 0.695. The minimum absolute atomic E-state index is 0.0108. The highest BCUT2D eigenvalue weighted by Gasteiger charge is 2.17. The second-order valence-corrected chi connectivity index (χ2v) is 7.96. The van der Waals surface area contributed by atoms with Crippen molar-refractivity contribution >= 4 is 19.9 Å². The van der Waals surface area contributed by atoms with Gasteiger partial charge in [-0.05, 0) is 31.2 Å². The molecule has 0 spiro atoms. The number of nitrogens with two attached hydrogens (primary N) is 1. The third kappa shape index (κ3) is 4.27. The Morgan fingerprint density at radius 3 is 2.37 bits per heavy atom. The SMILES string of the molecule is CCS(=O)(=O)c1cccc(S(=O)(=O)NCCCN)c1. The molecule has 1 aromatic carbocycles. The molecule has 3 N–H and O–H groups in total. The zero-order chi connectivity index (χ0) is 14.5. The van der Waals surface area contributed by atoms with Crippen LogP contribution in [0.2, 0.25) is 0 Å². The fraction of sp³-hybridized carbons (Fsp3) is 0.455. The molecule has 0 aliphatic carbocycles. The molecule has 108 valence electrons. The summed E-state index contributed by atoms with van der Waals surface area (Å²) in [5.41, 5.74) is 5.28. The van der Waals surface area contributed by atoms with Gasteiger partial charge in [0.2, 0.25) is 10.0 Å². The molecule has 0 atom stereocenters. The van der Waals surface area contributed by atoms with Gasteiger partial charge in [0.15, 0.2) is 9.84 Å². The number of benzene rings is 1. The predicted molar refractivity (Wildman–Crippen MR) is 73.0 cm³/mol. The molecule has 1 aromatic rings. The standard InChI is InChI=1S/C11H18N2O4S2/c1-2-18(14,15)10-5-3-6-11(9-10)19(16,17)13-8-4-7-12/h3,5-6,9,13H,2,4,7-8,12H2,1H3. The van der Waals surface area contributed by atoms with Gasteiger partial charge in [-0.3, -0.25) is 0 Å². The topological polar surface area (TPSA) is 106 Å². The predicted octanol–water partition coefficient (Wildman–Crippen LogP) is 0.107. The van der Waals surface area contributed by atoms with Crippen molar-refractivity contribution in [1.29, 1.82) is 0 Å². The van der Waals surface area contributed by atoms with E-state index in [0.29, 0.717) is 13.0 Å². The Hall–Kier alpha value is -0.960. The third-order valence-corrected chi connectivity index (χ3v) is 5.72. The lowest BCUT2D eigenvalue weighted by atomic mass is 10.4. The molecule has 0 fully saturated rings. The zero-order valence-electron chi connectivity index (χ0n) is 10.7. The summed E-state index contributed by atoms with van der Waals surface area (Å²) in [7, 11) is -7.11. The fourth-order valence-electron chi connectivity index (χ4n) is 1.39. The number of sulfonamides is 1. The van der Waals surface area contributed by atoms with Crippen molar-refractivity contribution in [2.45, 2.75) is 23.1 Å². The van der Waals surface area contributed by atoms with Gasteiger partial charge in [0.05, 0.1) is 15.5 Å². The van der Waals surface area contributed by atoms with Gasteiger partial charge in [-0.15, -0.1) is 0 Å². The largest absolute Gasteiger partial charge is 0.330 e. The smallest absolute Gasteiger partial charge is 0.240 e. The highest BCUT2D eigenvalue weighted by atomic mass is 32.2. The lowest BCUT2D eigenvalue weighted by Gasteiger charge is -2.08. The molecule has 6 nitrogen and oxygen atoms in total. The van der Waals surface area contributed by atoms with E-state index < -0.39 is 19.9 Å². The van der Waals surface area contributed by atoms with Crippen molar-refractivity contribution < 1.29 is 16.8 Å². The normalized spacial score (nSPS) is 12.5. The summed E-state index contributed by atoms with van der Waals surface area (Å²) < 4.78 is 49.6. The van der Waals surface area contributed by atoms with Crippen molar-refractivity contribution in [2.24, 2.45) is 5.73 Å². The van der Waals surface area contributed by atoms with Gasteiger partial charge in [0.1, 0.15) is 0 Å². The second-order valence-electron chi connectivity index (χ2n) is 3.92. The second kappa shape index (κ2) is 6.47. The van der Waals surface area contributed by atoms with Crippen LogP contribution in [0, 0.1) is 0 Å². The highest BCUT2D eigenvalue weighted by Crippen LogP contribution is 2.16. The average Bonchev–Trinajstić information content (AvgIpc) is 2.39. The molecule has 0 heterocycles. The van der Waals surface area contributed by atoms with E-state index in [4.69, 9.17) is 5.73 Å². The van der Waals surface area contributed by atoms with Crippen LogP contribution in [0.4, 0.5) is 0 Å². The van der Waals surface area contributed by atoms with Crippen LogP contribution >= 0.6 is 0 Å². The molecule has 8 heteroatoms. The van der Waals surface area contributed by atoms with E-state index in [0.717, 1.165) is 0 Å². The van der Waals surface area contributed by atoms with Crippen LogP contribution in [0.25, 0.3) is 0 Å². The molecule has 0 amide bonds. The molecule has 0 aromatic heterocycles. The molecule has 19 heavy (non-hydrogen) atoms. The summed E-state index contributed by atoms with van der Waals surface area (Å²) in [6.07, 6.45) is 0.520. The van der Waals surface area contributed by atoms with Gasteiger partial charge in [-0.2, -0.15) is 0 Å². The monoisotopic (exact) mass is 306 g/mol. The van der Waals surface area contributed by atoms with Gasteiger partial charge in [0.25, 0.3) is 0 Å². The van der Waals surface area contributed by atoms with E-state index in [1.54, 1.807) is 0 Å². The Morgan fingerprint density at radius 2 is 1.79 bits per heavy atom. The van der Waals surface area contributed by atoms with E-state index in [1.807, 2.05) is 0 Å². The van der Waals surface area contributed by atoms with Crippen molar-refractivity contribution in [1.82, 2.24) is 4.72 Å². The highest BCUT2D eigenvalue weighted by molar-refractivity contribution is 7.91. The van der Waals surface area contributed by atoms with Crippen LogP contribution in [0.5, 0.6) is 0 Å². The van der Waals surface area contributed by atoms with Crippen molar-refractivity contribution in [3.05, 3.63) is 24.3 Å². The number of sulfone groups is 1. The maximum Gasteiger partial charge on any atom is 0.240 e. The summed E-state index contributed by atoms with van der Waals surface area (Å²) in [4.78, 5) is -0.0456. The summed E-state index contributed by atoms with van der Waals surface area (Å²) in [6.45, 7) is 2.12. The first-order valence-corrected chi connectivity index (χ1v) is 8.99. The number of hydrogen-bond donors (Lipinski definition) is 2. The minimum atomic E-state index is -3.69. The molecule has 0 aliphatic heterocycles. The minimum Gasteiger partial charge on any atom is -0.330 e. The molecule has 0 saturated heterocycles. The number of hydrogen-bond acceptors (Lipinski definition) is 5. The van der Waals surface area contributed by atoms with Gasteiger partial charge in [-0.25, -0.2) is 21.6 Å². The molecule has 0 bridgehead atoms. The first-order valence-electron chi connectivity index (χ1n) is 5.86. The molecule has 0 aliphatic rings. The summed E-state index contributed by atoms with van der Waals surface area (Å²) in [5, 5.41) is 0. The number of rotatable bonds is 7. The van der Waals surface area contributed by atoms with Crippen LogP contribution in [-0.4, -0.2) is 35.7 Å². The summed E-state index contributed by atoms with van der Waals surface area (Å²) in [5.74, 6) is -0.0723. The molecular weight excluding hydrogens is 288 g/mol. The third-order valence-electron chi connectivity index (χ3n) is 2.53. The van der Waals surface area contributed by atoms with Crippen molar-refractivity contribution in [2.75, 3.05) is 18.8 Å². The van der Waals surface area contributed by atoms with Gasteiger partial charge in [0, 0.05) is 6.54 Å². The summed E-state index contributed by atoms with van der Waals surface area (Å²) >= 11 is 0. The molecule has 0 radical (unpaired) electrons. The fourth-order valence-corrected chi connectivity index (χ4v) is 3.51. The zero-order valence-corrected chi connectivity index (χ0v) is 12.3. The van der Waals surface area contributed by atoms with Crippen LogP contribution in [0.1, 0.15) is 13.3 Å². The Bertz CT molecular complexity index is 624. The van der Waals surface area contributed by atoms with Gasteiger partial charge >= 0.3 is 0 Å². The van der Waals surface area contributed by atoms with E-state index in [-0.39, 0.29) is 22.1 Å². The van der Waals surface area contributed by atoms with E-state index in [2.05, 4.69) is 4.72 Å². The Balaban J connectivity index is 3.06.